The predicted octanol–water partition coefficient (Wildman–Crippen LogP) is 1.45. The van der Waals surface area contributed by atoms with E-state index in [0.717, 1.165) is 51.2 Å². The van der Waals surface area contributed by atoms with Crippen molar-refractivity contribution in [3.63, 3.8) is 0 Å². The maximum absolute atomic E-state index is 11.3. The van der Waals surface area contributed by atoms with Crippen molar-refractivity contribution in [2.45, 2.75) is 38.0 Å². The van der Waals surface area contributed by atoms with Crippen molar-refractivity contribution in [2.75, 3.05) is 31.7 Å². The zero-order chi connectivity index (χ0) is 18.2. The molecular weight excluding hydrogens is 372 g/mol. The second-order valence-corrected chi connectivity index (χ2v) is 10.4. The zero-order valence-corrected chi connectivity index (χ0v) is 16.6. The fourth-order valence-electron chi connectivity index (χ4n) is 3.81. The lowest BCUT2D eigenvalue weighted by Crippen LogP contribution is -2.45. The summed E-state index contributed by atoms with van der Waals surface area (Å²) in [7, 11) is -2.99. The first-order chi connectivity index (χ1) is 12.4. The van der Waals surface area contributed by atoms with E-state index in [1.165, 1.54) is 16.7 Å². The summed E-state index contributed by atoms with van der Waals surface area (Å²) in [5.74, 6) is 0.0858. The lowest BCUT2D eigenvalue weighted by Gasteiger charge is -2.43. The minimum absolute atomic E-state index is 0.0858. The Morgan fingerprint density at radius 3 is 2.92 bits per heavy atom. The van der Waals surface area contributed by atoms with E-state index in [9.17, 15) is 8.42 Å². The molecule has 0 aromatic carbocycles. The lowest BCUT2D eigenvalue weighted by molar-refractivity contribution is -0.0961. The van der Waals surface area contributed by atoms with Crippen LogP contribution in [0.25, 0.3) is 0 Å². The molecular formula is C17H24N4O3S2. The average Bonchev–Trinajstić information content (AvgIpc) is 3.25. The minimum Gasteiger partial charge on any atom is -0.369 e. The van der Waals surface area contributed by atoms with E-state index < -0.39 is 9.84 Å². The number of aryl methyl sites for hydroxylation is 1. The van der Waals surface area contributed by atoms with Crippen molar-refractivity contribution in [3.05, 3.63) is 33.8 Å². The monoisotopic (exact) mass is 396 g/mol. The third-order valence-electron chi connectivity index (χ3n) is 5.24. The summed E-state index contributed by atoms with van der Waals surface area (Å²) < 4.78 is 30.4. The van der Waals surface area contributed by atoms with Gasteiger partial charge in [0.25, 0.3) is 0 Å². The molecule has 2 aromatic rings. The van der Waals surface area contributed by atoms with E-state index in [0.29, 0.717) is 6.54 Å². The molecule has 9 heteroatoms. The molecule has 4 rings (SSSR count). The number of nitrogens with zero attached hydrogens (tertiary/aromatic N) is 4. The second-order valence-electron chi connectivity index (χ2n) is 7.25. The molecule has 2 aliphatic rings. The van der Waals surface area contributed by atoms with E-state index in [2.05, 4.69) is 26.7 Å². The standard InChI is InChI=1S/C17H24N4O3S2/c1-26(22,23)11-8-21-13-15(18-19-21)12-20-6-4-17(5-7-20)16-14(2-9-24-17)3-10-25-16/h3,10,13H,2,4-9,11-12H2,1H3. The van der Waals surface area contributed by atoms with Gasteiger partial charge in [0.2, 0.25) is 0 Å². The van der Waals surface area contributed by atoms with Gasteiger partial charge in [0.05, 0.1) is 24.6 Å². The number of piperidine rings is 1. The number of fused-ring (bicyclic) bond motifs is 2. The molecule has 0 bridgehead atoms. The summed E-state index contributed by atoms with van der Waals surface area (Å²) in [4.78, 5) is 3.80. The van der Waals surface area contributed by atoms with Crippen LogP contribution in [0.1, 0.15) is 29.0 Å². The van der Waals surface area contributed by atoms with Gasteiger partial charge in [-0.1, -0.05) is 5.21 Å². The molecule has 0 amide bonds. The van der Waals surface area contributed by atoms with E-state index in [-0.39, 0.29) is 11.4 Å². The first-order valence-electron chi connectivity index (χ1n) is 8.93. The van der Waals surface area contributed by atoms with Crippen LogP contribution in [0.15, 0.2) is 17.6 Å². The maximum Gasteiger partial charge on any atom is 0.149 e. The molecule has 142 valence electrons. The third kappa shape index (κ3) is 3.85. The molecule has 26 heavy (non-hydrogen) atoms. The lowest BCUT2D eigenvalue weighted by atomic mass is 9.85. The molecule has 0 N–H and O–H groups in total. The molecule has 0 atom stereocenters. The number of hydrogen-bond acceptors (Lipinski definition) is 7. The summed E-state index contributed by atoms with van der Waals surface area (Å²) >= 11 is 1.83. The summed E-state index contributed by atoms with van der Waals surface area (Å²) in [5, 5.41) is 10.4. The van der Waals surface area contributed by atoms with Crippen molar-refractivity contribution in [2.24, 2.45) is 0 Å². The maximum atomic E-state index is 11.3. The van der Waals surface area contributed by atoms with Crippen molar-refractivity contribution in [1.29, 1.82) is 0 Å². The van der Waals surface area contributed by atoms with Crippen LogP contribution in [-0.4, -0.2) is 60.0 Å². The van der Waals surface area contributed by atoms with Crippen LogP contribution in [0.3, 0.4) is 0 Å². The highest BCUT2D eigenvalue weighted by molar-refractivity contribution is 7.90. The molecule has 2 aliphatic heterocycles. The van der Waals surface area contributed by atoms with E-state index in [1.54, 1.807) is 4.68 Å². The highest BCUT2D eigenvalue weighted by Crippen LogP contribution is 2.44. The molecule has 1 fully saturated rings. The third-order valence-corrected chi connectivity index (χ3v) is 7.30. The van der Waals surface area contributed by atoms with E-state index in [1.807, 2.05) is 17.5 Å². The van der Waals surface area contributed by atoms with Crippen LogP contribution >= 0.6 is 11.3 Å². The topological polar surface area (TPSA) is 77.3 Å². The van der Waals surface area contributed by atoms with Crippen LogP contribution in [-0.2, 0) is 39.7 Å². The van der Waals surface area contributed by atoms with Crippen molar-refractivity contribution in [3.8, 4) is 0 Å². The first-order valence-corrected chi connectivity index (χ1v) is 11.9. The summed E-state index contributed by atoms with van der Waals surface area (Å²) in [6.45, 7) is 3.84. The molecule has 4 heterocycles. The van der Waals surface area contributed by atoms with Crippen LogP contribution in [0.2, 0.25) is 0 Å². The van der Waals surface area contributed by atoms with Crippen molar-refractivity contribution in [1.82, 2.24) is 19.9 Å². The van der Waals surface area contributed by atoms with Gasteiger partial charge >= 0.3 is 0 Å². The molecule has 0 unspecified atom stereocenters. The molecule has 7 nitrogen and oxygen atoms in total. The largest absolute Gasteiger partial charge is 0.369 e. The Hall–Kier alpha value is -1.29. The second kappa shape index (κ2) is 7.03. The number of sulfone groups is 1. The highest BCUT2D eigenvalue weighted by atomic mass is 32.2. The first kappa shape index (κ1) is 18.1. The fourth-order valence-corrected chi connectivity index (χ4v) is 5.49. The van der Waals surface area contributed by atoms with Gasteiger partial charge in [0.15, 0.2) is 0 Å². The van der Waals surface area contributed by atoms with Crippen LogP contribution < -0.4 is 0 Å². The number of aromatic nitrogens is 3. The summed E-state index contributed by atoms with van der Waals surface area (Å²) in [6, 6.07) is 2.24. The Bertz CT molecular complexity index is 866. The van der Waals surface area contributed by atoms with Gasteiger partial charge in [0, 0.05) is 37.0 Å². The number of rotatable bonds is 5. The van der Waals surface area contributed by atoms with Gasteiger partial charge in [-0.05, 0) is 36.3 Å². The Kier molecular flexibility index (Phi) is 4.89. The number of thiophene rings is 1. The highest BCUT2D eigenvalue weighted by Gasteiger charge is 2.41. The van der Waals surface area contributed by atoms with Gasteiger partial charge in [-0.3, -0.25) is 9.58 Å². The molecule has 1 spiro atoms. The van der Waals surface area contributed by atoms with Crippen LogP contribution in [0.5, 0.6) is 0 Å². The Labute approximate surface area is 157 Å². The average molecular weight is 397 g/mol. The fraction of sp³-hybridized carbons (Fsp3) is 0.647. The minimum atomic E-state index is -2.99. The van der Waals surface area contributed by atoms with Gasteiger partial charge in [-0.15, -0.1) is 16.4 Å². The Balaban J connectivity index is 1.35. The SMILES string of the molecule is CS(=O)(=O)CCn1cc(CN2CCC3(CC2)OCCc2ccsc23)nn1. The number of likely N-dealkylation sites (tertiary alicyclic amines) is 1. The Morgan fingerprint density at radius 1 is 1.35 bits per heavy atom. The van der Waals surface area contributed by atoms with Gasteiger partial charge in [0.1, 0.15) is 15.4 Å². The molecule has 1 saturated heterocycles. The summed E-state index contributed by atoms with van der Waals surface area (Å²) in [6.07, 6.45) is 6.12. The Morgan fingerprint density at radius 2 is 2.15 bits per heavy atom. The summed E-state index contributed by atoms with van der Waals surface area (Å²) in [5.41, 5.74) is 2.25. The van der Waals surface area contributed by atoms with Gasteiger partial charge in [-0.25, -0.2) is 8.42 Å². The predicted molar refractivity (Wildman–Crippen MR) is 99.9 cm³/mol. The van der Waals surface area contributed by atoms with Gasteiger partial charge in [-0.2, -0.15) is 0 Å². The normalized spacial score (nSPS) is 20.3. The van der Waals surface area contributed by atoms with E-state index in [4.69, 9.17) is 4.74 Å². The van der Waals surface area contributed by atoms with Gasteiger partial charge < -0.3 is 4.74 Å². The molecule has 0 aliphatic carbocycles. The molecule has 0 radical (unpaired) electrons. The van der Waals surface area contributed by atoms with Crippen LogP contribution in [0, 0.1) is 0 Å². The number of ether oxygens (including phenoxy) is 1. The number of hydrogen-bond donors (Lipinski definition) is 0. The van der Waals surface area contributed by atoms with Crippen LogP contribution in [0.4, 0.5) is 0 Å². The molecule has 0 saturated carbocycles. The smallest absolute Gasteiger partial charge is 0.149 e. The van der Waals surface area contributed by atoms with Crippen molar-refractivity contribution < 1.29 is 13.2 Å². The molecule has 2 aromatic heterocycles. The zero-order valence-electron chi connectivity index (χ0n) is 14.9. The van der Waals surface area contributed by atoms with Crippen molar-refractivity contribution >= 4 is 21.2 Å². The quantitative estimate of drug-likeness (QED) is 0.761. The van der Waals surface area contributed by atoms with E-state index >= 15 is 0 Å².